The molecule has 0 bridgehead atoms. The lowest BCUT2D eigenvalue weighted by atomic mass is 10.2. The first-order valence-corrected chi connectivity index (χ1v) is 6.78. The number of benzene rings is 1. The second kappa shape index (κ2) is 5.47. The Bertz CT molecular complexity index is 631. The molecule has 1 aromatic carbocycles. The molecule has 1 aliphatic heterocycles. The number of amides is 1. The summed E-state index contributed by atoms with van der Waals surface area (Å²) in [6.45, 7) is 2.59. The molecular formula is C15H16FN3O2. The van der Waals surface area contributed by atoms with Crippen LogP contribution in [0.1, 0.15) is 10.6 Å². The van der Waals surface area contributed by atoms with E-state index in [0.29, 0.717) is 26.2 Å². The van der Waals surface area contributed by atoms with E-state index in [-0.39, 0.29) is 23.4 Å². The van der Waals surface area contributed by atoms with Gasteiger partial charge in [-0.2, -0.15) is 0 Å². The molecular weight excluding hydrogens is 273 g/mol. The normalized spacial score (nSPS) is 15.3. The summed E-state index contributed by atoms with van der Waals surface area (Å²) in [5, 5.41) is 0. The molecule has 1 saturated heterocycles. The molecule has 0 radical (unpaired) electrons. The van der Waals surface area contributed by atoms with Gasteiger partial charge in [-0.25, -0.2) is 4.39 Å². The van der Waals surface area contributed by atoms with Gasteiger partial charge in [0, 0.05) is 37.9 Å². The number of nitrogens with two attached hydrogens (primary N) is 1. The smallest absolute Gasteiger partial charge is 0.289 e. The van der Waals surface area contributed by atoms with E-state index in [9.17, 15) is 9.18 Å². The fourth-order valence-electron chi connectivity index (χ4n) is 2.44. The van der Waals surface area contributed by atoms with Crippen molar-refractivity contribution in [3.8, 4) is 0 Å². The first-order valence-electron chi connectivity index (χ1n) is 6.78. The van der Waals surface area contributed by atoms with Crippen LogP contribution >= 0.6 is 0 Å². The van der Waals surface area contributed by atoms with E-state index in [1.165, 1.54) is 12.1 Å². The number of carbonyl (C=O) groups is 1. The SMILES string of the molecule is Nc1ccc(C(=O)N2CCN(c3ccc(F)cc3)CC2)o1. The van der Waals surface area contributed by atoms with E-state index in [2.05, 4.69) is 4.90 Å². The van der Waals surface area contributed by atoms with Gasteiger partial charge in [-0.1, -0.05) is 0 Å². The van der Waals surface area contributed by atoms with Crippen molar-refractivity contribution in [1.82, 2.24) is 4.90 Å². The quantitative estimate of drug-likeness (QED) is 0.918. The molecule has 1 aromatic heterocycles. The summed E-state index contributed by atoms with van der Waals surface area (Å²) >= 11 is 0. The number of hydrogen-bond acceptors (Lipinski definition) is 4. The van der Waals surface area contributed by atoms with Crippen molar-refractivity contribution >= 4 is 17.5 Å². The van der Waals surface area contributed by atoms with Gasteiger partial charge >= 0.3 is 0 Å². The van der Waals surface area contributed by atoms with Gasteiger partial charge < -0.3 is 20.0 Å². The van der Waals surface area contributed by atoms with Gasteiger partial charge in [0.05, 0.1) is 0 Å². The minimum atomic E-state index is -0.247. The maximum Gasteiger partial charge on any atom is 0.289 e. The van der Waals surface area contributed by atoms with Gasteiger partial charge in [-0.05, 0) is 30.3 Å². The number of carbonyl (C=O) groups excluding carboxylic acids is 1. The number of anilines is 2. The summed E-state index contributed by atoms with van der Waals surface area (Å²) in [6, 6.07) is 9.54. The Labute approximate surface area is 121 Å². The van der Waals surface area contributed by atoms with E-state index in [1.54, 1.807) is 29.2 Å². The molecule has 3 rings (SSSR count). The van der Waals surface area contributed by atoms with Crippen LogP contribution in [0.3, 0.4) is 0 Å². The van der Waals surface area contributed by atoms with E-state index >= 15 is 0 Å². The summed E-state index contributed by atoms with van der Waals surface area (Å²) in [6.07, 6.45) is 0. The predicted molar refractivity (Wildman–Crippen MR) is 77.6 cm³/mol. The Morgan fingerprint density at radius 1 is 1.05 bits per heavy atom. The van der Waals surface area contributed by atoms with E-state index in [1.807, 2.05) is 0 Å². The molecule has 0 atom stereocenters. The van der Waals surface area contributed by atoms with Crippen LogP contribution in [0.2, 0.25) is 0 Å². The summed E-state index contributed by atoms with van der Waals surface area (Å²) in [5.74, 6) is 0.111. The highest BCUT2D eigenvalue weighted by Crippen LogP contribution is 2.18. The van der Waals surface area contributed by atoms with Gasteiger partial charge in [0.1, 0.15) is 5.82 Å². The highest BCUT2D eigenvalue weighted by Gasteiger charge is 2.24. The number of piperazine rings is 1. The molecule has 1 aliphatic rings. The molecule has 21 heavy (non-hydrogen) atoms. The van der Waals surface area contributed by atoms with E-state index < -0.39 is 0 Å². The molecule has 2 heterocycles. The standard InChI is InChI=1S/C15H16FN3O2/c16-11-1-3-12(4-2-11)18-7-9-19(10-8-18)15(20)13-5-6-14(17)21-13/h1-6H,7-10,17H2. The van der Waals surface area contributed by atoms with Crippen molar-refractivity contribution in [1.29, 1.82) is 0 Å². The minimum absolute atomic E-state index is 0.148. The zero-order valence-corrected chi connectivity index (χ0v) is 11.5. The van der Waals surface area contributed by atoms with Crippen molar-refractivity contribution < 1.29 is 13.6 Å². The summed E-state index contributed by atoms with van der Waals surface area (Å²) in [4.78, 5) is 16.1. The van der Waals surface area contributed by atoms with Gasteiger partial charge in [0.2, 0.25) is 0 Å². The summed E-state index contributed by atoms with van der Waals surface area (Å²) in [5.41, 5.74) is 6.44. The number of halogens is 1. The molecule has 6 heteroatoms. The van der Waals surface area contributed by atoms with Gasteiger partial charge in [0.25, 0.3) is 5.91 Å². The molecule has 2 aromatic rings. The van der Waals surface area contributed by atoms with Crippen LogP contribution < -0.4 is 10.6 Å². The third-order valence-electron chi connectivity index (χ3n) is 3.60. The Morgan fingerprint density at radius 3 is 2.29 bits per heavy atom. The molecule has 5 nitrogen and oxygen atoms in total. The molecule has 0 spiro atoms. The molecule has 1 fully saturated rings. The molecule has 2 N–H and O–H groups in total. The summed E-state index contributed by atoms with van der Waals surface area (Å²) < 4.78 is 18.1. The van der Waals surface area contributed by atoms with Crippen LogP contribution in [0.15, 0.2) is 40.8 Å². The molecule has 0 unspecified atom stereocenters. The average Bonchev–Trinajstić information content (AvgIpc) is 2.94. The monoisotopic (exact) mass is 289 g/mol. The zero-order chi connectivity index (χ0) is 14.8. The molecule has 0 saturated carbocycles. The van der Waals surface area contributed by atoms with E-state index in [0.717, 1.165) is 5.69 Å². The zero-order valence-electron chi connectivity index (χ0n) is 11.5. The number of nitrogens with zero attached hydrogens (tertiary/aromatic N) is 2. The topological polar surface area (TPSA) is 62.7 Å². The Kier molecular flexibility index (Phi) is 3.51. The Morgan fingerprint density at radius 2 is 1.71 bits per heavy atom. The third kappa shape index (κ3) is 2.84. The minimum Gasteiger partial charge on any atom is -0.436 e. The van der Waals surface area contributed by atoms with Crippen LogP contribution in [0.5, 0.6) is 0 Å². The average molecular weight is 289 g/mol. The second-order valence-corrected chi connectivity index (χ2v) is 4.96. The van der Waals surface area contributed by atoms with Crippen LogP contribution in [0.25, 0.3) is 0 Å². The van der Waals surface area contributed by atoms with Crippen LogP contribution in [0, 0.1) is 5.82 Å². The van der Waals surface area contributed by atoms with Crippen LogP contribution in [0.4, 0.5) is 16.0 Å². The fourth-order valence-corrected chi connectivity index (χ4v) is 2.44. The van der Waals surface area contributed by atoms with Crippen LogP contribution in [-0.2, 0) is 0 Å². The lowest BCUT2D eigenvalue weighted by molar-refractivity contribution is 0.0716. The summed E-state index contributed by atoms with van der Waals surface area (Å²) in [7, 11) is 0. The lowest BCUT2D eigenvalue weighted by Gasteiger charge is -2.35. The Hall–Kier alpha value is -2.50. The van der Waals surface area contributed by atoms with Gasteiger partial charge in [-0.15, -0.1) is 0 Å². The lowest BCUT2D eigenvalue weighted by Crippen LogP contribution is -2.48. The van der Waals surface area contributed by atoms with Crippen molar-refractivity contribution in [2.45, 2.75) is 0 Å². The van der Waals surface area contributed by atoms with Crippen molar-refractivity contribution in [3.05, 3.63) is 48.0 Å². The highest BCUT2D eigenvalue weighted by atomic mass is 19.1. The predicted octanol–water partition coefficient (Wildman–Crippen LogP) is 1.96. The number of furan rings is 1. The van der Waals surface area contributed by atoms with Crippen LogP contribution in [-0.4, -0.2) is 37.0 Å². The molecule has 110 valence electrons. The largest absolute Gasteiger partial charge is 0.436 e. The van der Waals surface area contributed by atoms with Gasteiger partial charge in [-0.3, -0.25) is 4.79 Å². The van der Waals surface area contributed by atoms with E-state index in [4.69, 9.17) is 10.2 Å². The number of hydrogen-bond donors (Lipinski definition) is 1. The first-order chi connectivity index (χ1) is 10.1. The van der Waals surface area contributed by atoms with Crippen molar-refractivity contribution in [2.75, 3.05) is 36.8 Å². The number of nitrogen functional groups attached to an aromatic ring is 1. The molecule has 0 aliphatic carbocycles. The maximum atomic E-state index is 12.9. The molecule has 1 amide bonds. The van der Waals surface area contributed by atoms with Gasteiger partial charge in [0.15, 0.2) is 11.6 Å². The third-order valence-corrected chi connectivity index (χ3v) is 3.60. The van der Waals surface area contributed by atoms with Crippen molar-refractivity contribution in [2.24, 2.45) is 0 Å². The Balaban J connectivity index is 1.62. The van der Waals surface area contributed by atoms with Crippen molar-refractivity contribution in [3.63, 3.8) is 0 Å². The fraction of sp³-hybridized carbons (Fsp3) is 0.267. The highest BCUT2D eigenvalue weighted by molar-refractivity contribution is 5.92. The first kappa shape index (κ1) is 13.5. The second-order valence-electron chi connectivity index (χ2n) is 4.96. The maximum absolute atomic E-state index is 12.9. The number of rotatable bonds is 2.